The van der Waals surface area contributed by atoms with Crippen molar-refractivity contribution in [1.29, 1.82) is 0 Å². The first kappa shape index (κ1) is 16.7. The molecule has 0 radical (unpaired) electrons. The SMILES string of the molecule is O=C1CCCCCCC/C=C\C/C=C\C/C=C\CCO1. The maximum Gasteiger partial charge on any atom is 0.305 e. The van der Waals surface area contributed by atoms with Gasteiger partial charge in [0.15, 0.2) is 0 Å². The van der Waals surface area contributed by atoms with E-state index < -0.39 is 0 Å². The molecule has 0 atom stereocenters. The molecule has 0 spiro atoms. The highest BCUT2D eigenvalue weighted by atomic mass is 16.5. The van der Waals surface area contributed by atoms with Crippen molar-refractivity contribution in [2.45, 2.75) is 64.2 Å². The van der Waals surface area contributed by atoms with E-state index >= 15 is 0 Å². The Hall–Kier alpha value is -1.31. The van der Waals surface area contributed by atoms with Gasteiger partial charge in [-0.05, 0) is 38.5 Å². The molecule has 0 unspecified atom stereocenters. The first-order valence-electron chi connectivity index (χ1n) is 8.00. The van der Waals surface area contributed by atoms with E-state index in [-0.39, 0.29) is 5.97 Å². The van der Waals surface area contributed by atoms with Gasteiger partial charge in [0.1, 0.15) is 0 Å². The van der Waals surface area contributed by atoms with Crippen molar-refractivity contribution in [3.63, 3.8) is 0 Å². The molecule has 0 bridgehead atoms. The van der Waals surface area contributed by atoms with E-state index in [2.05, 4.69) is 36.5 Å². The van der Waals surface area contributed by atoms with Crippen LogP contribution in [0.1, 0.15) is 64.2 Å². The lowest BCUT2D eigenvalue weighted by molar-refractivity contribution is -0.143. The van der Waals surface area contributed by atoms with E-state index in [4.69, 9.17) is 4.74 Å². The molecule has 0 N–H and O–H groups in total. The molecule has 1 aliphatic rings. The number of hydrogen-bond acceptors (Lipinski definition) is 2. The van der Waals surface area contributed by atoms with Crippen molar-refractivity contribution in [2.75, 3.05) is 6.61 Å². The van der Waals surface area contributed by atoms with E-state index in [0.29, 0.717) is 13.0 Å². The van der Waals surface area contributed by atoms with Crippen LogP contribution in [0.15, 0.2) is 36.5 Å². The van der Waals surface area contributed by atoms with Crippen molar-refractivity contribution < 1.29 is 9.53 Å². The molecule has 0 saturated heterocycles. The number of allylic oxidation sites excluding steroid dienone is 5. The number of hydrogen-bond donors (Lipinski definition) is 0. The zero-order chi connectivity index (χ0) is 14.3. The average Bonchev–Trinajstić information content (AvgIpc) is 2.45. The van der Waals surface area contributed by atoms with Gasteiger partial charge in [0.05, 0.1) is 6.61 Å². The summed E-state index contributed by atoms with van der Waals surface area (Å²) in [5.41, 5.74) is 0. The fraction of sp³-hybridized carbons (Fsp3) is 0.611. The molecule has 2 nitrogen and oxygen atoms in total. The maximum absolute atomic E-state index is 11.5. The molecule has 2 heteroatoms. The summed E-state index contributed by atoms with van der Waals surface area (Å²) in [6, 6.07) is 0. The zero-order valence-corrected chi connectivity index (χ0v) is 12.6. The summed E-state index contributed by atoms with van der Waals surface area (Å²) in [6.45, 7) is 0.516. The van der Waals surface area contributed by atoms with Gasteiger partial charge in [0.2, 0.25) is 0 Å². The second-order valence-corrected chi connectivity index (χ2v) is 5.20. The topological polar surface area (TPSA) is 26.3 Å². The van der Waals surface area contributed by atoms with E-state index in [1.807, 2.05) is 0 Å². The number of carbonyl (C=O) groups excluding carboxylic acids is 1. The van der Waals surface area contributed by atoms with Crippen molar-refractivity contribution in [1.82, 2.24) is 0 Å². The smallest absolute Gasteiger partial charge is 0.305 e. The maximum atomic E-state index is 11.5. The van der Waals surface area contributed by atoms with Crippen LogP contribution in [0.3, 0.4) is 0 Å². The molecule has 0 amide bonds. The Kier molecular flexibility index (Phi) is 10.6. The van der Waals surface area contributed by atoms with Gasteiger partial charge in [0, 0.05) is 6.42 Å². The van der Waals surface area contributed by atoms with Crippen LogP contribution in [0.2, 0.25) is 0 Å². The Labute approximate surface area is 123 Å². The van der Waals surface area contributed by atoms with Crippen molar-refractivity contribution in [2.24, 2.45) is 0 Å². The summed E-state index contributed by atoms with van der Waals surface area (Å²) in [7, 11) is 0. The fourth-order valence-corrected chi connectivity index (χ4v) is 2.15. The van der Waals surface area contributed by atoms with Gasteiger partial charge < -0.3 is 4.74 Å². The molecule has 0 aromatic heterocycles. The van der Waals surface area contributed by atoms with Gasteiger partial charge in [-0.15, -0.1) is 0 Å². The summed E-state index contributed by atoms with van der Waals surface area (Å²) in [4.78, 5) is 11.5. The lowest BCUT2D eigenvalue weighted by atomic mass is 10.1. The van der Waals surface area contributed by atoms with E-state index in [0.717, 1.165) is 32.1 Å². The highest BCUT2D eigenvalue weighted by Gasteiger charge is 2.01. The minimum atomic E-state index is -0.0425. The summed E-state index contributed by atoms with van der Waals surface area (Å²) in [5, 5.41) is 0. The molecule has 0 aromatic carbocycles. The first-order chi connectivity index (χ1) is 9.89. The molecule has 0 aliphatic carbocycles. The Bertz CT molecular complexity index is 326. The van der Waals surface area contributed by atoms with Gasteiger partial charge in [-0.1, -0.05) is 55.7 Å². The van der Waals surface area contributed by atoms with Gasteiger partial charge in [-0.3, -0.25) is 4.79 Å². The second kappa shape index (κ2) is 12.7. The van der Waals surface area contributed by atoms with Crippen molar-refractivity contribution >= 4 is 5.97 Å². The quantitative estimate of drug-likeness (QED) is 0.454. The normalized spacial score (nSPS) is 25.5. The van der Waals surface area contributed by atoms with Crippen LogP contribution < -0.4 is 0 Å². The number of carbonyl (C=O) groups is 1. The zero-order valence-electron chi connectivity index (χ0n) is 12.6. The number of cyclic esters (lactones) is 1. The highest BCUT2D eigenvalue weighted by molar-refractivity contribution is 5.69. The van der Waals surface area contributed by atoms with Crippen LogP contribution in [-0.4, -0.2) is 12.6 Å². The molecule has 0 aromatic rings. The fourth-order valence-electron chi connectivity index (χ4n) is 2.15. The Morgan fingerprint density at radius 3 is 2.10 bits per heavy atom. The number of rotatable bonds is 0. The average molecular weight is 276 g/mol. The third-order valence-electron chi connectivity index (χ3n) is 3.34. The Morgan fingerprint density at radius 2 is 1.30 bits per heavy atom. The predicted molar refractivity (Wildman–Crippen MR) is 84.5 cm³/mol. The van der Waals surface area contributed by atoms with Gasteiger partial charge in [-0.25, -0.2) is 0 Å². The van der Waals surface area contributed by atoms with E-state index in [9.17, 15) is 4.79 Å². The molecule has 20 heavy (non-hydrogen) atoms. The molecule has 0 saturated carbocycles. The molecule has 1 heterocycles. The van der Waals surface area contributed by atoms with Crippen molar-refractivity contribution in [3.05, 3.63) is 36.5 Å². The monoisotopic (exact) mass is 276 g/mol. The second-order valence-electron chi connectivity index (χ2n) is 5.20. The van der Waals surface area contributed by atoms with Crippen molar-refractivity contribution in [3.8, 4) is 0 Å². The largest absolute Gasteiger partial charge is 0.465 e. The van der Waals surface area contributed by atoms with Crippen LogP contribution in [0.4, 0.5) is 0 Å². The van der Waals surface area contributed by atoms with E-state index in [1.54, 1.807) is 0 Å². The Morgan fingerprint density at radius 1 is 0.700 bits per heavy atom. The molecular weight excluding hydrogens is 248 g/mol. The lowest BCUT2D eigenvalue weighted by Crippen LogP contribution is -2.04. The molecular formula is C18H28O2. The van der Waals surface area contributed by atoms with Crippen LogP contribution >= 0.6 is 0 Å². The van der Waals surface area contributed by atoms with E-state index in [1.165, 1.54) is 25.7 Å². The Balaban J connectivity index is 2.28. The highest BCUT2D eigenvalue weighted by Crippen LogP contribution is 2.08. The third-order valence-corrected chi connectivity index (χ3v) is 3.34. The van der Waals surface area contributed by atoms with Gasteiger partial charge in [-0.2, -0.15) is 0 Å². The van der Waals surface area contributed by atoms with Crippen LogP contribution in [0, 0.1) is 0 Å². The number of ether oxygens (including phenoxy) is 1. The lowest BCUT2D eigenvalue weighted by Gasteiger charge is -2.03. The third kappa shape index (κ3) is 10.6. The summed E-state index contributed by atoms with van der Waals surface area (Å²) >= 11 is 0. The minimum absolute atomic E-state index is 0.0425. The van der Waals surface area contributed by atoms with Crippen LogP contribution in [0.25, 0.3) is 0 Å². The minimum Gasteiger partial charge on any atom is -0.465 e. The summed E-state index contributed by atoms with van der Waals surface area (Å²) < 4.78 is 5.19. The van der Waals surface area contributed by atoms with Crippen LogP contribution in [-0.2, 0) is 9.53 Å². The summed E-state index contributed by atoms with van der Waals surface area (Å²) in [6.07, 6.45) is 23.5. The van der Waals surface area contributed by atoms with Crippen LogP contribution in [0.5, 0.6) is 0 Å². The number of esters is 1. The van der Waals surface area contributed by atoms with Gasteiger partial charge >= 0.3 is 5.97 Å². The standard InChI is InChI=1S/C18H28O2/c19-18-16-14-12-10-8-6-4-2-1-3-5-7-9-11-13-15-17-20-18/h1-2,5,7,11,13H,3-4,6,8-10,12,14-17H2/b2-1-,7-5-,13-11-. The first-order valence-corrected chi connectivity index (χ1v) is 8.00. The molecule has 112 valence electrons. The molecule has 0 fully saturated rings. The molecule has 1 aliphatic heterocycles. The summed E-state index contributed by atoms with van der Waals surface area (Å²) in [5.74, 6) is -0.0425. The molecule has 1 rings (SSSR count). The van der Waals surface area contributed by atoms with Gasteiger partial charge in [0.25, 0.3) is 0 Å². The predicted octanol–water partition coefficient (Wildman–Crippen LogP) is 5.11.